The van der Waals surface area contributed by atoms with Crippen LogP contribution in [0.2, 0.25) is 0 Å². The number of carbonyl (C=O) groups excluding carboxylic acids is 1. The standard InChI is InChI=1S/C24H20N2O3S/c27-23(16-28-22-14-8-7-13-21(22)18-9-3-1-4-10-18)29-15-20-17-30-24(26-20)25-19-11-5-2-6-12-19/h1-14,17H,15-16H2,(H,25,26). The van der Waals surface area contributed by atoms with Gasteiger partial charge in [-0.25, -0.2) is 9.78 Å². The van der Waals surface area contributed by atoms with Crippen LogP contribution in [0.3, 0.4) is 0 Å². The molecule has 5 nitrogen and oxygen atoms in total. The van der Waals surface area contributed by atoms with Gasteiger partial charge < -0.3 is 14.8 Å². The van der Waals surface area contributed by atoms with Crippen molar-refractivity contribution < 1.29 is 14.3 Å². The van der Waals surface area contributed by atoms with E-state index >= 15 is 0 Å². The maximum atomic E-state index is 12.1. The summed E-state index contributed by atoms with van der Waals surface area (Å²) in [6.45, 7) is -0.0569. The number of nitrogens with zero attached hydrogens (tertiary/aromatic N) is 1. The Bertz CT molecular complexity index is 1100. The first kappa shape index (κ1) is 19.7. The topological polar surface area (TPSA) is 60.5 Å². The zero-order valence-corrected chi connectivity index (χ0v) is 17.0. The van der Waals surface area contributed by atoms with Crippen molar-refractivity contribution in [1.82, 2.24) is 4.98 Å². The number of hydrogen-bond acceptors (Lipinski definition) is 6. The van der Waals surface area contributed by atoms with Gasteiger partial charge in [-0.3, -0.25) is 0 Å². The normalized spacial score (nSPS) is 10.4. The Morgan fingerprint density at radius 1 is 0.900 bits per heavy atom. The van der Waals surface area contributed by atoms with Crippen LogP contribution in [-0.4, -0.2) is 17.6 Å². The molecule has 30 heavy (non-hydrogen) atoms. The molecule has 0 saturated carbocycles. The molecule has 0 fully saturated rings. The maximum Gasteiger partial charge on any atom is 0.344 e. The Hall–Kier alpha value is -3.64. The molecule has 0 saturated heterocycles. The van der Waals surface area contributed by atoms with E-state index in [1.165, 1.54) is 11.3 Å². The Kier molecular flexibility index (Phi) is 6.37. The first-order valence-corrected chi connectivity index (χ1v) is 10.4. The third-order valence-electron chi connectivity index (χ3n) is 4.28. The molecule has 1 aromatic heterocycles. The van der Waals surface area contributed by atoms with Gasteiger partial charge in [0.2, 0.25) is 0 Å². The van der Waals surface area contributed by atoms with Gasteiger partial charge in [0, 0.05) is 16.6 Å². The van der Waals surface area contributed by atoms with Crippen LogP contribution in [0.4, 0.5) is 10.8 Å². The molecule has 0 radical (unpaired) electrons. The molecule has 150 valence electrons. The molecule has 0 amide bonds. The van der Waals surface area contributed by atoms with E-state index in [1.54, 1.807) is 0 Å². The van der Waals surface area contributed by atoms with Crippen molar-refractivity contribution in [2.45, 2.75) is 6.61 Å². The average Bonchev–Trinajstić information content (AvgIpc) is 3.25. The van der Waals surface area contributed by atoms with Crippen molar-refractivity contribution in [3.63, 3.8) is 0 Å². The minimum Gasteiger partial charge on any atom is -0.481 e. The Labute approximate surface area is 178 Å². The highest BCUT2D eigenvalue weighted by molar-refractivity contribution is 7.13. The molecule has 0 atom stereocenters. The maximum absolute atomic E-state index is 12.1. The summed E-state index contributed by atoms with van der Waals surface area (Å²) in [6, 6.07) is 27.3. The summed E-state index contributed by atoms with van der Waals surface area (Å²) in [5.41, 5.74) is 3.61. The largest absolute Gasteiger partial charge is 0.481 e. The number of aromatic nitrogens is 1. The molecular formula is C24H20N2O3S. The molecule has 4 rings (SSSR count). The number of esters is 1. The van der Waals surface area contributed by atoms with Crippen molar-refractivity contribution in [1.29, 1.82) is 0 Å². The second-order valence-electron chi connectivity index (χ2n) is 6.45. The summed E-state index contributed by atoms with van der Waals surface area (Å²) in [5, 5.41) is 5.84. The minimum atomic E-state index is -0.441. The van der Waals surface area contributed by atoms with E-state index < -0.39 is 5.97 Å². The van der Waals surface area contributed by atoms with E-state index in [0.29, 0.717) is 11.4 Å². The molecule has 4 aromatic rings. The number of benzene rings is 3. The van der Waals surface area contributed by atoms with E-state index in [1.807, 2.05) is 90.3 Å². The fourth-order valence-corrected chi connectivity index (χ4v) is 3.57. The van der Waals surface area contributed by atoms with Gasteiger partial charge in [0.05, 0.1) is 5.69 Å². The van der Waals surface area contributed by atoms with Gasteiger partial charge in [-0.15, -0.1) is 11.3 Å². The van der Waals surface area contributed by atoms with Crippen LogP contribution in [-0.2, 0) is 16.1 Å². The summed E-state index contributed by atoms with van der Waals surface area (Å²) in [5.74, 6) is 0.201. The van der Waals surface area contributed by atoms with Crippen molar-refractivity contribution in [3.05, 3.63) is 96.0 Å². The van der Waals surface area contributed by atoms with Crippen LogP contribution in [0.1, 0.15) is 5.69 Å². The van der Waals surface area contributed by atoms with E-state index in [4.69, 9.17) is 9.47 Å². The van der Waals surface area contributed by atoms with E-state index in [0.717, 1.165) is 21.9 Å². The molecule has 0 bridgehead atoms. The van der Waals surface area contributed by atoms with Crippen molar-refractivity contribution in [2.75, 3.05) is 11.9 Å². The lowest BCUT2D eigenvalue weighted by molar-refractivity contribution is -0.147. The van der Waals surface area contributed by atoms with Gasteiger partial charge in [-0.1, -0.05) is 66.7 Å². The van der Waals surface area contributed by atoms with E-state index in [2.05, 4.69) is 10.3 Å². The number of nitrogens with one attached hydrogen (secondary N) is 1. The van der Waals surface area contributed by atoms with Crippen LogP contribution >= 0.6 is 11.3 Å². The van der Waals surface area contributed by atoms with Gasteiger partial charge in [0.15, 0.2) is 11.7 Å². The molecule has 0 spiro atoms. The average molecular weight is 417 g/mol. The summed E-state index contributed by atoms with van der Waals surface area (Å²) in [4.78, 5) is 16.6. The number of carbonyl (C=O) groups is 1. The van der Waals surface area contributed by atoms with Gasteiger partial charge >= 0.3 is 5.97 Å². The van der Waals surface area contributed by atoms with Gasteiger partial charge in [-0.2, -0.15) is 0 Å². The van der Waals surface area contributed by atoms with E-state index in [9.17, 15) is 4.79 Å². The summed E-state index contributed by atoms with van der Waals surface area (Å²) < 4.78 is 11.0. The Morgan fingerprint density at radius 3 is 2.40 bits per heavy atom. The number of anilines is 2. The molecule has 6 heteroatoms. The summed E-state index contributed by atoms with van der Waals surface area (Å²) in [6.07, 6.45) is 0. The first-order chi connectivity index (χ1) is 14.8. The zero-order chi connectivity index (χ0) is 20.6. The first-order valence-electron chi connectivity index (χ1n) is 9.47. The quantitative estimate of drug-likeness (QED) is 0.375. The van der Waals surface area contributed by atoms with Crippen LogP contribution in [0.25, 0.3) is 11.1 Å². The van der Waals surface area contributed by atoms with Gasteiger partial charge in [-0.05, 0) is 23.8 Å². The van der Waals surface area contributed by atoms with Crippen molar-refractivity contribution in [2.24, 2.45) is 0 Å². The molecule has 1 N–H and O–H groups in total. The highest BCUT2D eigenvalue weighted by atomic mass is 32.1. The fraction of sp³-hybridized carbons (Fsp3) is 0.0833. The summed E-state index contributed by atoms with van der Waals surface area (Å²) in [7, 11) is 0. The predicted octanol–water partition coefficient (Wildman–Crippen LogP) is 5.68. The lowest BCUT2D eigenvalue weighted by atomic mass is 10.1. The molecule has 0 aliphatic carbocycles. The SMILES string of the molecule is O=C(COc1ccccc1-c1ccccc1)OCc1csc(Nc2ccccc2)n1. The molecule has 1 heterocycles. The molecule has 0 unspecified atom stereocenters. The third-order valence-corrected chi connectivity index (χ3v) is 5.08. The number of thiazole rings is 1. The molecular weight excluding hydrogens is 396 g/mol. The third kappa shape index (κ3) is 5.24. The van der Waals surface area contributed by atoms with Crippen molar-refractivity contribution in [3.8, 4) is 16.9 Å². The predicted molar refractivity (Wildman–Crippen MR) is 119 cm³/mol. The number of ether oxygens (including phenoxy) is 2. The lowest BCUT2D eigenvalue weighted by Gasteiger charge is -2.11. The lowest BCUT2D eigenvalue weighted by Crippen LogP contribution is -2.15. The number of hydrogen-bond donors (Lipinski definition) is 1. The number of para-hydroxylation sites is 2. The number of rotatable bonds is 8. The molecule has 0 aliphatic rings. The molecule has 0 aliphatic heterocycles. The summed E-state index contributed by atoms with van der Waals surface area (Å²) >= 11 is 1.46. The minimum absolute atomic E-state index is 0.107. The monoisotopic (exact) mass is 416 g/mol. The smallest absolute Gasteiger partial charge is 0.344 e. The highest BCUT2D eigenvalue weighted by Gasteiger charge is 2.10. The van der Waals surface area contributed by atoms with E-state index in [-0.39, 0.29) is 13.2 Å². The molecule has 3 aromatic carbocycles. The van der Waals surface area contributed by atoms with Gasteiger partial charge in [0.25, 0.3) is 0 Å². The zero-order valence-electron chi connectivity index (χ0n) is 16.2. The fourth-order valence-electron chi connectivity index (χ4n) is 2.86. The Morgan fingerprint density at radius 2 is 1.60 bits per heavy atom. The second-order valence-corrected chi connectivity index (χ2v) is 7.30. The highest BCUT2D eigenvalue weighted by Crippen LogP contribution is 2.29. The van der Waals surface area contributed by atoms with Crippen LogP contribution in [0.15, 0.2) is 90.3 Å². The van der Waals surface area contributed by atoms with Crippen LogP contribution in [0, 0.1) is 0 Å². The Balaban J connectivity index is 1.29. The van der Waals surface area contributed by atoms with Gasteiger partial charge in [0.1, 0.15) is 12.4 Å². The van der Waals surface area contributed by atoms with Crippen molar-refractivity contribution >= 4 is 28.1 Å². The second kappa shape index (κ2) is 9.71. The van der Waals surface area contributed by atoms with Crippen LogP contribution in [0.5, 0.6) is 5.75 Å². The van der Waals surface area contributed by atoms with Crippen LogP contribution < -0.4 is 10.1 Å².